The standard InChI is InChI=1S/C39H58N8O5/c1-26(2)19-33(45-38(51)34(22-28-13-7-4-8-14-28)44-36(49)31(41)21-27-11-5-3-6-12-27)37(50)43-32(15-9-10-17-40)39(52)46-18-16-29-20-30(24-46)47(23-29)25-35(42)48/h3-8,11-14,26,29-34H,9-10,15-25,40-41H2,1-2H3,(H2,42,48)(H,43,50)(H,44,49)(H,45,51). The summed E-state index contributed by atoms with van der Waals surface area (Å²) in [5.41, 5.74) is 19.3. The van der Waals surface area contributed by atoms with Gasteiger partial charge in [-0.05, 0) is 74.5 Å². The van der Waals surface area contributed by atoms with Gasteiger partial charge in [0.15, 0.2) is 0 Å². The van der Waals surface area contributed by atoms with E-state index in [9.17, 15) is 24.0 Å². The summed E-state index contributed by atoms with van der Waals surface area (Å²) in [6.07, 6.45) is 4.22. The maximum absolute atomic E-state index is 14.1. The third kappa shape index (κ3) is 12.4. The number of hydrogen-bond acceptors (Lipinski definition) is 8. The summed E-state index contributed by atoms with van der Waals surface area (Å²) < 4.78 is 0. The first-order valence-corrected chi connectivity index (χ1v) is 18.7. The lowest BCUT2D eigenvalue weighted by molar-refractivity contribution is -0.138. The van der Waals surface area contributed by atoms with Gasteiger partial charge in [-0.25, -0.2) is 0 Å². The molecule has 2 heterocycles. The molecule has 2 bridgehead atoms. The van der Waals surface area contributed by atoms with Crippen LogP contribution in [0.15, 0.2) is 60.7 Å². The van der Waals surface area contributed by atoms with Gasteiger partial charge in [-0.15, -0.1) is 0 Å². The van der Waals surface area contributed by atoms with Crippen molar-refractivity contribution in [3.05, 3.63) is 71.8 Å². The topological polar surface area (TPSA) is 206 Å². The Labute approximate surface area is 307 Å². The molecule has 2 aliphatic heterocycles. The normalized spacial score (nSPS) is 19.6. The fourth-order valence-electron chi connectivity index (χ4n) is 7.28. The molecule has 2 aromatic rings. The van der Waals surface area contributed by atoms with Crippen LogP contribution in [0.25, 0.3) is 0 Å². The molecule has 2 aromatic carbocycles. The first kappa shape index (κ1) is 40.4. The Morgan fingerprint density at radius 1 is 0.788 bits per heavy atom. The average Bonchev–Trinajstić information content (AvgIpc) is 3.34. The van der Waals surface area contributed by atoms with E-state index in [-0.39, 0.29) is 30.8 Å². The van der Waals surface area contributed by atoms with Crippen LogP contribution in [0.5, 0.6) is 0 Å². The second-order valence-corrected chi connectivity index (χ2v) is 14.8. The fraction of sp³-hybridized carbons (Fsp3) is 0.564. The summed E-state index contributed by atoms with van der Waals surface area (Å²) in [5, 5.41) is 8.73. The zero-order valence-electron chi connectivity index (χ0n) is 30.7. The summed E-state index contributed by atoms with van der Waals surface area (Å²) in [6, 6.07) is 15.1. The van der Waals surface area contributed by atoms with Gasteiger partial charge < -0.3 is 38.1 Å². The van der Waals surface area contributed by atoms with E-state index >= 15 is 0 Å². The van der Waals surface area contributed by atoms with Gasteiger partial charge >= 0.3 is 0 Å². The number of hydrogen-bond donors (Lipinski definition) is 6. The summed E-state index contributed by atoms with van der Waals surface area (Å²) >= 11 is 0. The second-order valence-electron chi connectivity index (χ2n) is 14.8. The van der Waals surface area contributed by atoms with Crippen molar-refractivity contribution in [2.75, 3.05) is 32.7 Å². The van der Waals surface area contributed by atoms with Crippen molar-refractivity contribution in [3.63, 3.8) is 0 Å². The number of nitrogens with one attached hydrogen (secondary N) is 3. The highest BCUT2D eigenvalue weighted by Gasteiger charge is 2.39. The molecular weight excluding hydrogens is 660 g/mol. The smallest absolute Gasteiger partial charge is 0.245 e. The molecular formula is C39H58N8O5. The fourth-order valence-corrected chi connectivity index (χ4v) is 7.28. The lowest BCUT2D eigenvalue weighted by Crippen LogP contribution is -2.59. The van der Waals surface area contributed by atoms with E-state index in [1.165, 1.54) is 0 Å². The molecule has 4 rings (SSSR count). The molecule has 13 heteroatoms. The maximum atomic E-state index is 14.1. The van der Waals surface area contributed by atoms with Crippen LogP contribution in [-0.4, -0.2) is 102 Å². The van der Waals surface area contributed by atoms with Gasteiger partial charge in [-0.1, -0.05) is 74.5 Å². The molecule has 2 fully saturated rings. The van der Waals surface area contributed by atoms with Crippen LogP contribution in [0.4, 0.5) is 0 Å². The molecule has 2 aliphatic rings. The van der Waals surface area contributed by atoms with Crippen LogP contribution in [0.2, 0.25) is 0 Å². The summed E-state index contributed by atoms with van der Waals surface area (Å²) in [5.74, 6) is -1.64. The molecule has 0 aromatic heterocycles. The van der Waals surface area contributed by atoms with E-state index in [4.69, 9.17) is 17.2 Å². The molecule has 0 radical (unpaired) electrons. The molecule has 52 heavy (non-hydrogen) atoms. The van der Waals surface area contributed by atoms with Crippen molar-refractivity contribution >= 4 is 29.5 Å². The Bertz CT molecular complexity index is 1480. The van der Waals surface area contributed by atoms with Crippen molar-refractivity contribution in [1.29, 1.82) is 0 Å². The predicted molar refractivity (Wildman–Crippen MR) is 200 cm³/mol. The first-order chi connectivity index (χ1) is 24.9. The number of carbonyl (C=O) groups is 5. The number of carbonyl (C=O) groups excluding carboxylic acids is 5. The highest BCUT2D eigenvalue weighted by molar-refractivity contribution is 5.95. The monoisotopic (exact) mass is 718 g/mol. The quantitative estimate of drug-likeness (QED) is 0.115. The van der Waals surface area contributed by atoms with E-state index in [1.807, 2.05) is 74.5 Å². The minimum absolute atomic E-state index is 0.0230. The van der Waals surface area contributed by atoms with E-state index < -0.39 is 47.8 Å². The summed E-state index contributed by atoms with van der Waals surface area (Å²) in [7, 11) is 0. The van der Waals surface area contributed by atoms with Crippen molar-refractivity contribution in [2.45, 2.75) is 95.4 Å². The van der Waals surface area contributed by atoms with E-state index in [0.717, 1.165) is 30.5 Å². The van der Waals surface area contributed by atoms with Gasteiger partial charge in [-0.3, -0.25) is 28.9 Å². The van der Waals surface area contributed by atoms with Gasteiger partial charge in [0.25, 0.3) is 0 Å². The average molecular weight is 719 g/mol. The van der Waals surface area contributed by atoms with Gasteiger partial charge in [-0.2, -0.15) is 0 Å². The number of unbranched alkanes of at least 4 members (excludes halogenated alkanes) is 1. The first-order valence-electron chi connectivity index (χ1n) is 18.7. The van der Waals surface area contributed by atoms with Crippen LogP contribution >= 0.6 is 0 Å². The Morgan fingerprint density at radius 3 is 2.00 bits per heavy atom. The van der Waals surface area contributed by atoms with Crippen LogP contribution in [0, 0.1) is 11.8 Å². The second kappa shape index (κ2) is 20.1. The highest BCUT2D eigenvalue weighted by Crippen LogP contribution is 2.30. The van der Waals surface area contributed by atoms with Gasteiger partial charge in [0, 0.05) is 32.1 Å². The molecule has 0 saturated carbocycles. The van der Waals surface area contributed by atoms with Crippen molar-refractivity contribution in [3.8, 4) is 0 Å². The Balaban J connectivity index is 1.49. The van der Waals surface area contributed by atoms with Gasteiger partial charge in [0.05, 0.1) is 12.6 Å². The van der Waals surface area contributed by atoms with E-state index in [2.05, 4.69) is 20.9 Å². The van der Waals surface area contributed by atoms with Crippen molar-refractivity contribution < 1.29 is 24.0 Å². The van der Waals surface area contributed by atoms with Gasteiger partial charge in [0.1, 0.15) is 18.1 Å². The van der Waals surface area contributed by atoms with Crippen LogP contribution in [-0.2, 0) is 36.8 Å². The van der Waals surface area contributed by atoms with Gasteiger partial charge in [0.2, 0.25) is 29.5 Å². The lowest BCUT2D eigenvalue weighted by atomic mass is 9.99. The molecule has 13 nitrogen and oxygen atoms in total. The Hall–Kier alpha value is -4.33. The minimum atomic E-state index is -1.00. The molecule has 284 valence electrons. The SMILES string of the molecule is CC(C)CC(NC(=O)C(Cc1ccccc1)NC(=O)C(N)Cc1ccccc1)C(=O)NC(CCCCN)C(=O)N1CCC2CC(C1)N(CC(N)=O)C2. The summed E-state index contributed by atoms with van der Waals surface area (Å²) in [4.78, 5) is 71.0. The molecule has 0 aliphatic carbocycles. The number of fused-ring (bicyclic) bond motifs is 2. The van der Waals surface area contributed by atoms with E-state index in [1.54, 1.807) is 4.90 Å². The van der Waals surface area contributed by atoms with Crippen molar-refractivity contribution in [1.82, 2.24) is 25.8 Å². The Kier molecular flexibility index (Phi) is 15.6. The maximum Gasteiger partial charge on any atom is 0.245 e. The number of rotatable bonds is 19. The molecule has 2 saturated heterocycles. The molecule has 0 spiro atoms. The Morgan fingerprint density at radius 2 is 1.38 bits per heavy atom. The zero-order valence-corrected chi connectivity index (χ0v) is 30.7. The molecule has 5 amide bonds. The lowest BCUT2D eigenvalue weighted by Gasteiger charge is -2.34. The molecule has 9 N–H and O–H groups in total. The third-order valence-corrected chi connectivity index (χ3v) is 9.98. The number of nitrogens with two attached hydrogens (primary N) is 3. The largest absolute Gasteiger partial charge is 0.369 e. The van der Waals surface area contributed by atoms with Crippen LogP contribution < -0.4 is 33.2 Å². The summed E-state index contributed by atoms with van der Waals surface area (Å²) in [6.45, 7) is 6.31. The number of benzene rings is 2. The number of likely N-dealkylation sites (tertiary alicyclic amines) is 2. The number of nitrogens with zero attached hydrogens (tertiary/aromatic N) is 2. The predicted octanol–water partition coefficient (Wildman–Crippen LogP) is 0.837. The zero-order chi connectivity index (χ0) is 37.6. The van der Waals surface area contributed by atoms with Crippen LogP contribution in [0.1, 0.15) is 63.5 Å². The van der Waals surface area contributed by atoms with Crippen molar-refractivity contribution in [2.24, 2.45) is 29.0 Å². The highest BCUT2D eigenvalue weighted by atomic mass is 16.2. The molecule has 6 atom stereocenters. The third-order valence-electron chi connectivity index (χ3n) is 9.98. The minimum Gasteiger partial charge on any atom is -0.369 e. The van der Waals surface area contributed by atoms with E-state index in [0.29, 0.717) is 57.7 Å². The number of primary amides is 1. The van der Waals surface area contributed by atoms with Crippen LogP contribution in [0.3, 0.4) is 0 Å². The molecule has 6 unspecified atom stereocenters. The number of amides is 5.